The molecule has 0 radical (unpaired) electrons. The van der Waals surface area contributed by atoms with E-state index in [1.165, 1.54) is 18.2 Å². The molecule has 1 aromatic heterocycles. The van der Waals surface area contributed by atoms with Crippen LogP contribution in [-0.4, -0.2) is 16.1 Å². The Morgan fingerprint density at radius 2 is 1.72 bits per heavy atom. The van der Waals surface area contributed by atoms with Gasteiger partial charge in [0, 0.05) is 5.92 Å². The topological polar surface area (TPSA) is 28.7 Å². The molecule has 0 spiro atoms. The smallest absolute Gasteiger partial charge is 0.341 e. The van der Waals surface area contributed by atoms with Crippen LogP contribution in [0.5, 0.6) is 0 Å². The van der Waals surface area contributed by atoms with Crippen molar-refractivity contribution < 1.29 is 13.2 Å². The Kier molecular flexibility index (Phi) is 4.80. The number of nitrogens with one attached hydrogen (secondary N) is 1. The molecule has 0 fully saturated rings. The number of nitrogens with zero attached hydrogens (tertiary/aromatic N) is 1. The number of allylic oxidation sites excluding steroid dienone is 1. The first kappa shape index (κ1) is 17.8. The predicted octanol–water partition coefficient (Wildman–Crippen LogP) is 6.49. The first-order chi connectivity index (χ1) is 11.8. The van der Waals surface area contributed by atoms with E-state index in [0.29, 0.717) is 16.6 Å². The van der Waals surface area contributed by atoms with Crippen LogP contribution in [0.2, 0.25) is 10.0 Å². The lowest BCUT2D eigenvalue weighted by molar-refractivity contribution is -0.154. The van der Waals surface area contributed by atoms with Crippen molar-refractivity contribution in [3.05, 3.63) is 76.6 Å². The summed E-state index contributed by atoms with van der Waals surface area (Å²) < 4.78 is 41.6. The normalized spacial score (nSPS) is 14.4. The van der Waals surface area contributed by atoms with Gasteiger partial charge in [-0.1, -0.05) is 59.6 Å². The van der Waals surface area contributed by atoms with E-state index in [9.17, 15) is 13.2 Å². The third-order valence-electron chi connectivity index (χ3n) is 3.99. The van der Waals surface area contributed by atoms with Crippen LogP contribution in [0.15, 0.2) is 55.1 Å². The molecule has 2 atom stereocenters. The van der Waals surface area contributed by atoms with Gasteiger partial charge >= 0.3 is 6.18 Å². The highest BCUT2D eigenvalue weighted by Crippen LogP contribution is 2.45. The van der Waals surface area contributed by atoms with Crippen molar-refractivity contribution in [3.63, 3.8) is 0 Å². The molecule has 0 saturated carbocycles. The van der Waals surface area contributed by atoms with E-state index in [2.05, 4.69) is 16.5 Å². The second kappa shape index (κ2) is 6.73. The fraction of sp³-hybridized carbons (Fsp3) is 0.167. The summed E-state index contributed by atoms with van der Waals surface area (Å²) in [5, 5.41) is 0.482. The van der Waals surface area contributed by atoms with Crippen molar-refractivity contribution in [2.45, 2.75) is 18.0 Å². The standard InChI is InChI=1S/C18H13Cl2F3N2/c1-2-11(10-6-4-3-5-7-10)16(18(21,22)23)17-24-14-8-12(19)13(20)9-15(14)25-17/h2-9,11,16H,1H2,(H,24,25). The molecule has 1 heterocycles. The number of aromatic nitrogens is 2. The van der Waals surface area contributed by atoms with Crippen molar-refractivity contribution in [2.24, 2.45) is 0 Å². The Balaban J connectivity index is 2.15. The minimum Gasteiger partial charge on any atom is -0.341 e. The number of hydrogen-bond acceptors (Lipinski definition) is 1. The van der Waals surface area contributed by atoms with Crippen LogP contribution in [-0.2, 0) is 0 Å². The zero-order chi connectivity index (χ0) is 18.2. The molecule has 2 aromatic carbocycles. The summed E-state index contributed by atoms with van der Waals surface area (Å²) in [6.45, 7) is 3.60. The van der Waals surface area contributed by atoms with E-state index in [1.807, 2.05) is 0 Å². The van der Waals surface area contributed by atoms with Crippen molar-refractivity contribution in [1.29, 1.82) is 0 Å². The molecule has 0 aliphatic rings. The summed E-state index contributed by atoms with van der Waals surface area (Å²) in [6, 6.07) is 11.3. The highest BCUT2D eigenvalue weighted by atomic mass is 35.5. The Morgan fingerprint density at radius 1 is 1.08 bits per heavy atom. The summed E-state index contributed by atoms with van der Waals surface area (Å²) >= 11 is 11.9. The molecule has 0 aliphatic carbocycles. The number of alkyl halides is 3. The second-order valence-electron chi connectivity index (χ2n) is 5.60. The molecule has 3 rings (SSSR count). The molecular formula is C18H13Cl2F3N2. The quantitative estimate of drug-likeness (QED) is 0.511. The number of imidazole rings is 1. The van der Waals surface area contributed by atoms with Gasteiger partial charge in [-0.25, -0.2) is 4.98 Å². The summed E-state index contributed by atoms with van der Waals surface area (Å²) in [5.74, 6) is -3.04. The summed E-state index contributed by atoms with van der Waals surface area (Å²) in [7, 11) is 0. The molecule has 130 valence electrons. The van der Waals surface area contributed by atoms with E-state index in [0.717, 1.165) is 0 Å². The van der Waals surface area contributed by atoms with Crippen LogP contribution in [0.25, 0.3) is 11.0 Å². The second-order valence-corrected chi connectivity index (χ2v) is 6.41. The van der Waals surface area contributed by atoms with Crippen LogP contribution in [0.4, 0.5) is 13.2 Å². The van der Waals surface area contributed by atoms with Gasteiger partial charge in [-0.05, 0) is 17.7 Å². The Morgan fingerprint density at radius 3 is 2.32 bits per heavy atom. The first-order valence-electron chi connectivity index (χ1n) is 7.40. The van der Waals surface area contributed by atoms with E-state index in [-0.39, 0.29) is 15.9 Å². The SMILES string of the molecule is C=CC(c1ccccc1)C(c1nc2cc(Cl)c(Cl)cc2[nH]1)C(F)(F)F. The minimum absolute atomic E-state index is 0.199. The number of rotatable bonds is 4. The van der Waals surface area contributed by atoms with E-state index < -0.39 is 18.0 Å². The highest BCUT2D eigenvalue weighted by Gasteiger charge is 2.47. The lowest BCUT2D eigenvalue weighted by atomic mass is 9.85. The van der Waals surface area contributed by atoms with Crippen molar-refractivity contribution in [3.8, 4) is 0 Å². The van der Waals surface area contributed by atoms with Gasteiger partial charge in [0.1, 0.15) is 11.7 Å². The number of aromatic amines is 1. The number of hydrogen-bond donors (Lipinski definition) is 1. The molecule has 7 heteroatoms. The molecule has 1 N–H and O–H groups in total. The monoisotopic (exact) mass is 384 g/mol. The number of halogens is 5. The zero-order valence-electron chi connectivity index (χ0n) is 12.8. The van der Waals surface area contributed by atoms with Crippen LogP contribution < -0.4 is 0 Å². The summed E-state index contributed by atoms with van der Waals surface area (Å²) in [6.07, 6.45) is -3.23. The molecular weight excluding hydrogens is 372 g/mol. The van der Waals surface area contributed by atoms with E-state index in [1.54, 1.807) is 30.3 Å². The van der Waals surface area contributed by atoms with Gasteiger partial charge in [-0.15, -0.1) is 6.58 Å². The van der Waals surface area contributed by atoms with Gasteiger partial charge < -0.3 is 4.98 Å². The van der Waals surface area contributed by atoms with Crippen LogP contribution in [0.3, 0.4) is 0 Å². The fourth-order valence-corrected chi connectivity index (χ4v) is 3.16. The third kappa shape index (κ3) is 3.53. The minimum atomic E-state index is -4.52. The van der Waals surface area contributed by atoms with Gasteiger partial charge in [0.25, 0.3) is 0 Å². The fourth-order valence-electron chi connectivity index (χ4n) is 2.84. The molecule has 0 saturated heterocycles. The van der Waals surface area contributed by atoms with Crippen molar-refractivity contribution >= 4 is 34.2 Å². The Bertz CT molecular complexity index is 865. The highest BCUT2D eigenvalue weighted by molar-refractivity contribution is 6.42. The number of fused-ring (bicyclic) bond motifs is 1. The van der Waals surface area contributed by atoms with Crippen LogP contribution in [0.1, 0.15) is 23.2 Å². The van der Waals surface area contributed by atoms with Gasteiger partial charge in [-0.2, -0.15) is 13.2 Å². The van der Waals surface area contributed by atoms with Gasteiger partial charge in [-0.3, -0.25) is 0 Å². The van der Waals surface area contributed by atoms with Gasteiger partial charge in [0.15, 0.2) is 0 Å². The molecule has 0 amide bonds. The van der Waals surface area contributed by atoms with Crippen LogP contribution in [0, 0.1) is 0 Å². The molecule has 3 aromatic rings. The zero-order valence-corrected chi connectivity index (χ0v) is 14.3. The maximum atomic E-state index is 13.9. The summed E-state index contributed by atoms with van der Waals surface area (Å²) in [4.78, 5) is 6.84. The van der Waals surface area contributed by atoms with Crippen molar-refractivity contribution in [1.82, 2.24) is 9.97 Å². The average Bonchev–Trinajstić information content (AvgIpc) is 2.94. The maximum absolute atomic E-state index is 13.9. The lowest BCUT2D eigenvalue weighted by Crippen LogP contribution is -2.27. The maximum Gasteiger partial charge on any atom is 0.399 e. The first-order valence-corrected chi connectivity index (χ1v) is 8.15. The number of benzene rings is 2. The molecule has 25 heavy (non-hydrogen) atoms. The van der Waals surface area contributed by atoms with E-state index >= 15 is 0 Å². The van der Waals surface area contributed by atoms with Crippen LogP contribution >= 0.6 is 23.2 Å². The third-order valence-corrected chi connectivity index (χ3v) is 4.71. The van der Waals surface area contributed by atoms with Crippen molar-refractivity contribution in [2.75, 3.05) is 0 Å². The number of H-pyrrole nitrogens is 1. The largest absolute Gasteiger partial charge is 0.399 e. The average molecular weight is 385 g/mol. The van der Waals surface area contributed by atoms with Gasteiger partial charge in [0.05, 0.1) is 21.1 Å². The Hall–Kier alpha value is -1.98. The Labute approximate surface area is 152 Å². The molecule has 0 bridgehead atoms. The molecule has 0 aliphatic heterocycles. The molecule has 2 nitrogen and oxygen atoms in total. The van der Waals surface area contributed by atoms with E-state index in [4.69, 9.17) is 23.2 Å². The predicted molar refractivity (Wildman–Crippen MR) is 94.3 cm³/mol. The lowest BCUT2D eigenvalue weighted by Gasteiger charge is -2.25. The molecule has 2 unspecified atom stereocenters. The van der Waals surface area contributed by atoms with Gasteiger partial charge in [0.2, 0.25) is 0 Å². The summed E-state index contributed by atoms with van der Waals surface area (Å²) in [5.41, 5.74) is 1.24.